The number of aryl methyl sites for hydroxylation is 3. The Morgan fingerprint density at radius 3 is 2.45 bits per heavy atom. The molecule has 0 unspecified atom stereocenters. The van der Waals surface area contributed by atoms with Crippen LogP contribution in [0.25, 0.3) is 22.5 Å². The summed E-state index contributed by atoms with van der Waals surface area (Å²) in [5.74, 6) is 2.11. The van der Waals surface area contributed by atoms with Gasteiger partial charge in [0.1, 0.15) is 12.4 Å². The first kappa shape index (κ1) is 19.4. The van der Waals surface area contributed by atoms with E-state index >= 15 is 0 Å². The Bertz CT molecular complexity index is 1200. The second kappa shape index (κ2) is 7.95. The van der Waals surface area contributed by atoms with Gasteiger partial charge >= 0.3 is 0 Å². The molecule has 0 spiro atoms. The lowest BCUT2D eigenvalue weighted by molar-refractivity contribution is 0.305. The Labute approximate surface area is 181 Å². The molecule has 156 valence electrons. The second-order valence-corrected chi connectivity index (χ2v) is 8.27. The van der Waals surface area contributed by atoms with Gasteiger partial charge in [0.25, 0.3) is 0 Å². The molecule has 0 atom stereocenters. The number of ether oxygens (including phenoxy) is 1. The molecule has 2 aromatic carbocycles. The first-order chi connectivity index (χ1) is 15.1. The minimum absolute atomic E-state index is 0.512. The number of aromatic nitrogens is 5. The molecule has 0 saturated heterocycles. The molecule has 1 saturated carbocycles. The van der Waals surface area contributed by atoms with E-state index in [9.17, 15) is 0 Å². The van der Waals surface area contributed by atoms with Crippen molar-refractivity contribution < 1.29 is 4.74 Å². The van der Waals surface area contributed by atoms with Gasteiger partial charge in [-0.25, -0.2) is 0 Å². The molecule has 0 amide bonds. The summed E-state index contributed by atoms with van der Waals surface area (Å²) in [6.45, 7) is 4.76. The van der Waals surface area contributed by atoms with Crippen LogP contribution in [0.15, 0.2) is 54.7 Å². The average Bonchev–Trinajstić information content (AvgIpc) is 3.53. The fourth-order valence-electron chi connectivity index (χ4n) is 4.03. The Hall–Kier alpha value is -3.54. The van der Waals surface area contributed by atoms with Crippen molar-refractivity contribution in [1.82, 2.24) is 25.2 Å². The van der Waals surface area contributed by atoms with Crippen LogP contribution in [0, 0.1) is 13.8 Å². The van der Waals surface area contributed by atoms with Crippen LogP contribution < -0.4 is 4.74 Å². The summed E-state index contributed by atoms with van der Waals surface area (Å²) in [4.78, 5) is 6.01. The van der Waals surface area contributed by atoms with E-state index in [0.29, 0.717) is 18.3 Å². The smallest absolute Gasteiger partial charge is 0.204 e. The van der Waals surface area contributed by atoms with Crippen molar-refractivity contribution >= 4 is 0 Å². The third-order valence-electron chi connectivity index (χ3n) is 5.68. The van der Waals surface area contributed by atoms with Crippen molar-refractivity contribution in [3.63, 3.8) is 0 Å². The molecule has 6 heteroatoms. The average molecular weight is 412 g/mol. The zero-order valence-electron chi connectivity index (χ0n) is 18.0. The van der Waals surface area contributed by atoms with E-state index < -0.39 is 0 Å². The number of benzene rings is 2. The number of pyridine rings is 1. The summed E-state index contributed by atoms with van der Waals surface area (Å²) < 4.78 is 5.99. The fourth-order valence-corrected chi connectivity index (χ4v) is 4.03. The molecule has 0 aliphatic heterocycles. The lowest BCUT2D eigenvalue weighted by Gasteiger charge is -2.13. The molecule has 0 N–H and O–H groups in total. The number of hydrogen-bond donors (Lipinski definition) is 0. The predicted octanol–water partition coefficient (Wildman–Crippen LogP) is 5.01. The van der Waals surface area contributed by atoms with E-state index in [1.165, 1.54) is 45.6 Å². The highest BCUT2D eigenvalue weighted by molar-refractivity contribution is 5.75. The summed E-state index contributed by atoms with van der Waals surface area (Å²) in [5, 5.41) is 12.4. The van der Waals surface area contributed by atoms with E-state index in [4.69, 9.17) is 4.74 Å². The third kappa shape index (κ3) is 4.19. The van der Waals surface area contributed by atoms with Gasteiger partial charge in [0, 0.05) is 17.2 Å². The monoisotopic (exact) mass is 411 g/mol. The van der Waals surface area contributed by atoms with E-state index in [-0.39, 0.29) is 0 Å². The van der Waals surface area contributed by atoms with Crippen molar-refractivity contribution in [2.75, 3.05) is 0 Å². The summed E-state index contributed by atoms with van der Waals surface area (Å²) in [7, 11) is 1.77. The Balaban J connectivity index is 1.35. The van der Waals surface area contributed by atoms with Gasteiger partial charge < -0.3 is 4.74 Å². The zero-order valence-corrected chi connectivity index (χ0v) is 18.0. The van der Waals surface area contributed by atoms with E-state index in [1.54, 1.807) is 7.05 Å². The van der Waals surface area contributed by atoms with Gasteiger partial charge in [-0.15, -0.1) is 10.2 Å². The van der Waals surface area contributed by atoms with Crippen LogP contribution in [0.3, 0.4) is 0 Å². The predicted molar refractivity (Wildman–Crippen MR) is 120 cm³/mol. The van der Waals surface area contributed by atoms with Crippen molar-refractivity contribution in [2.24, 2.45) is 7.05 Å². The van der Waals surface area contributed by atoms with Gasteiger partial charge in [-0.1, -0.05) is 18.2 Å². The quantitative estimate of drug-likeness (QED) is 0.446. The topological polar surface area (TPSA) is 65.7 Å². The first-order valence-electron chi connectivity index (χ1n) is 10.6. The Morgan fingerprint density at radius 2 is 1.81 bits per heavy atom. The molecule has 1 aliphatic rings. The van der Waals surface area contributed by atoms with E-state index in [2.05, 4.69) is 76.7 Å². The minimum Gasteiger partial charge on any atom is -0.487 e. The summed E-state index contributed by atoms with van der Waals surface area (Å²) in [5.41, 5.74) is 8.05. The molecule has 0 radical (unpaired) electrons. The number of nitrogens with zero attached hydrogens (tertiary/aromatic N) is 5. The molecule has 5 rings (SSSR count). The Kier molecular flexibility index (Phi) is 4.98. The number of hydrogen-bond acceptors (Lipinski definition) is 5. The van der Waals surface area contributed by atoms with Crippen LogP contribution in [0.4, 0.5) is 0 Å². The highest BCUT2D eigenvalue weighted by atomic mass is 16.5. The van der Waals surface area contributed by atoms with Gasteiger partial charge in [-0.3, -0.25) is 4.98 Å². The first-order valence-corrected chi connectivity index (χ1v) is 10.6. The molecular formula is C25H25N5O. The molecule has 2 aromatic heterocycles. The molecule has 4 aromatic rings. The van der Waals surface area contributed by atoms with Crippen molar-refractivity contribution in [2.45, 2.75) is 39.2 Å². The molecule has 31 heavy (non-hydrogen) atoms. The van der Waals surface area contributed by atoms with Crippen molar-refractivity contribution in [3.8, 4) is 28.3 Å². The van der Waals surface area contributed by atoms with Crippen molar-refractivity contribution in [1.29, 1.82) is 0 Å². The summed E-state index contributed by atoms with van der Waals surface area (Å²) in [6.07, 6.45) is 4.36. The maximum Gasteiger partial charge on any atom is 0.204 e. The largest absolute Gasteiger partial charge is 0.487 e. The standard InChI is InChI=1S/C25H25N5O/c1-16-11-21(25-27-29-30(3)28-25)12-17(2)24(16)20-6-4-5-18(13-20)15-31-22-9-10-23(26-14-22)19-7-8-19/h4-6,9-14,19H,7-8,15H2,1-3H3. The lowest BCUT2D eigenvalue weighted by Crippen LogP contribution is -1.98. The molecule has 2 heterocycles. The van der Waals surface area contributed by atoms with Crippen LogP contribution in [-0.4, -0.2) is 25.2 Å². The molecule has 1 aliphatic carbocycles. The van der Waals surface area contributed by atoms with Crippen LogP contribution in [0.2, 0.25) is 0 Å². The molecular weight excluding hydrogens is 386 g/mol. The second-order valence-electron chi connectivity index (χ2n) is 8.27. The lowest BCUT2D eigenvalue weighted by atomic mass is 9.92. The Morgan fingerprint density at radius 1 is 1.00 bits per heavy atom. The fraction of sp³-hybridized carbons (Fsp3) is 0.280. The van der Waals surface area contributed by atoms with Crippen molar-refractivity contribution in [3.05, 3.63) is 77.1 Å². The van der Waals surface area contributed by atoms with E-state index in [0.717, 1.165) is 16.9 Å². The maximum atomic E-state index is 5.99. The van der Waals surface area contributed by atoms with E-state index in [1.807, 2.05) is 12.3 Å². The van der Waals surface area contributed by atoms with Crippen LogP contribution in [-0.2, 0) is 13.7 Å². The highest BCUT2D eigenvalue weighted by Gasteiger charge is 2.24. The summed E-state index contributed by atoms with van der Waals surface area (Å²) >= 11 is 0. The zero-order chi connectivity index (χ0) is 21.4. The van der Waals surface area contributed by atoms with Crippen LogP contribution >= 0.6 is 0 Å². The summed E-state index contributed by atoms with van der Waals surface area (Å²) in [6, 6.07) is 16.9. The normalized spacial score (nSPS) is 13.4. The minimum atomic E-state index is 0.512. The molecule has 6 nitrogen and oxygen atoms in total. The number of tetrazole rings is 1. The molecule has 0 bridgehead atoms. The van der Waals surface area contributed by atoms with Gasteiger partial charge in [0.05, 0.1) is 13.2 Å². The van der Waals surface area contributed by atoms with Gasteiger partial charge in [0.2, 0.25) is 5.82 Å². The van der Waals surface area contributed by atoms with Gasteiger partial charge in [-0.05, 0) is 90.1 Å². The SMILES string of the molecule is Cc1cc(-c2nnn(C)n2)cc(C)c1-c1cccc(COc2ccc(C3CC3)nc2)c1. The highest BCUT2D eigenvalue weighted by Crippen LogP contribution is 2.39. The van der Waals surface area contributed by atoms with Gasteiger partial charge in [-0.2, -0.15) is 4.80 Å². The maximum absolute atomic E-state index is 5.99. The van der Waals surface area contributed by atoms with Crippen LogP contribution in [0.1, 0.15) is 41.1 Å². The van der Waals surface area contributed by atoms with Crippen LogP contribution in [0.5, 0.6) is 5.75 Å². The third-order valence-corrected chi connectivity index (χ3v) is 5.68. The van der Waals surface area contributed by atoms with Gasteiger partial charge in [0.15, 0.2) is 0 Å². The molecule has 1 fully saturated rings. The number of rotatable bonds is 6.